The van der Waals surface area contributed by atoms with E-state index in [1.165, 1.54) is 0 Å². The number of benzene rings is 2. The van der Waals surface area contributed by atoms with Crippen LogP contribution < -0.4 is 11.1 Å². The Labute approximate surface area is 119 Å². The van der Waals surface area contributed by atoms with Gasteiger partial charge >= 0.3 is 0 Å². The summed E-state index contributed by atoms with van der Waals surface area (Å²) in [4.78, 5) is 12.0. The summed E-state index contributed by atoms with van der Waals surface area (Å²) >= 11 is 3.28. The van der Waals surface area contributed by atoms with Crippen LogP contribution in [0.4, 0.5) is 11.4 Å². The fraction of sp³-hybridized carbons (Fsp3) is 0. The predicted molar refractivity (Wildman–Crippen MR) is 77.7 cm³/mol. The van der Waals surface area contributed by atoms with Gasteiger partial charge in [-0.2, -0.15) is 5.26 Å². The topological polar surface area (TPSA) is 78.9 Å². The number of carbonyl (C=O) groups is 1. The van der Waals surface area contributed by atoms with E-state index in [9.17, 15) is 4.79 Å². The number of nitrogens with two attached hydrogens (primary N) is 1. The number of amides is 1. The van der Waals surface area contributed by atoms with Crippen LogP contribution >= 0.6 is 15.9 Å². The number of nitrogen functional groups attached to an aromatic ring is 1. The molecular weight excluding hydrogens is 306 g/mol. The predicted octanol–water partition coefficient (Wildman–Crippen LogP) is 3.16. The van der Waals surface area contributed by atoms with Crippen molar-refractivity contribution in [3.63, 3.8) is 0 Å². The van der Waals surface area contributed by atoms with Crippen LogP contribution in [0, 0.1) is 11.3 Å². The molecule has 2 aromatic rings. The van der Waals surface area contributed by atoms with Crippen LogP contribution in [0.15, 0.2) is 46.9 Å². The number of anilines is 2. The molecule has 0 saturated carbocycles. The largest absolute Gasteiger partial charge is 0.399 e. The zero-order chi connectivity index (χ0) is 13.8. The van der Waals surface area contributed by atoms with Crippen molar-refractivity contribution < 1.29 is 4.79 Å². The van der Waals surface area contributed by atoms with Crippen molar-refractivity contribution in [3.05, 3.63) is 58.1 Å². The third kappa shape index (κ3) is 3.12. The van der Waals surface area contributed by atoms with Gasteiger partial charge in [-0.05, 0) is 36.4 Å². The SMILES string of the molecule is N#Cc1cc(Br)ccc1NC(=O)c1cccc(N)c1. The third-order valence-corrected chi connectivity index (χ3v) is 2.99. The molecule has 0 aliphatic carbocycles. The number of halogens is 1. The lowest BCUT2D eigenvalue weighted by molar-refractivity contribution is 0.102. The van der Waals surface area contributed by atoms with Crippen LogP contribution in [-0.2, 0) is 0 Å². The molecule has 0 radical (unpaired) electrons. The van der Waals surface area contributed by atoms with Gasteiger partial charge in [0, 0.05) is 15.7 Å². The van der Waals surface area contributed by atoms with Crippen LogP contribution in [0.25, 0.3) is 0 Å². The summed E-state index contributed by atoms with van der Waals surface area (Å²) in [6.45, 7) is 0. The van der Waals surface area contributed by atoms with Gasteiger partial charge in [0.15, 0.2) is 0 Å². The molecule has 0 unspecified atom stereocenters. The molecule has 0 bridgehead atoms. The highest BCUT2D eigenvalue weighted by molar-refractivity contribution is 9.10. The second kappa shape index (κ2) is 5.55. The smallest absolute Gasteiger partial charge is 0.255 e. The summed E-state index contributed by atoms with van der Waals surface area (Å²) in [6.07, 6.45) is 0. The lowest BCUT2D eigenvalue weighted by Crippen LogP contribution is -2.13. The summed E-state index contributed by atoms with van der Waals surface area (Å²) < 4.78 is 0.783. The molecule has 3 N–H and O–H groups in total. The molecule has 1 amide bonds. The molecular formula is C14H10BrN3O. The average Bonchev–Trinajstić information content (AvgIpc) is 2.40. The van der Waals surface area contributed by atoms with E-state index in [2.05, 4.69) is 21.2 Å². The number of nitrogens with one attached hydrogen (secondary N) is 1. The normalized spacial score (nSPS) is 9.68. The van der Waals surface area contributed by atoms with Crippen LogP contribution in [0.3, 0.4) is 0 Å². The first kappa shape index (κ1) is 13.1. The van der Waals surface area contributed by atoms with E-state index >= 15 is 0 Å². The molecule has 2 aromatic carbocycles. The lowest BCUT2D eigenvalue weighted by atomic mass is 10.1. The Kier molecular flexibility index (Phi) is 3.83. The molecule has 94 valence electrons. The molecule has 2 rings (SSSR count). The van der Waals surface area contributed by atoms with Crippen molar-refractivity contribution in [1.82, 2.24) is 0 Å². The summed E-state index contributed by atoms with van der Waals surface area (Å²) in [7, 11) is 0. The maximum atomic E-state index is 12.0. The maximum Gasteiger partial charge on any atom is 0.255 e. The van der Waals surface area contributed by atoms with Crippen LogP contribution in [0.1, 0.15) is 15.9 Å². The minimum Gasteiger partial charge on any atom is -0.399 e. The van der Waals surface area contributed by atoms with Crippen LogP contribution in [0.2, 0.25) is 0 Å². The number of rotatable bonds is 2. The molecule has 19 heavy (non-hydrogen) atoms. The van der Waals surface area contributed by atoms with E-state index in [1.807, 2.05) is 6.07 Å². The minimum absolute atomic E-state index is 0.300. The Bertz CT molecular complexity index is 677. The van der Waals surface area contributed by atoms with Gasteiger partial charge in [-0.3, -0.25) is 4.79 Å². The summed E-state index contributed by atoms with van der Waals surface area (Å²) in [5.41, 5.74) is 7.46. The summed E-state index contributed by atoms with van der Waals surface area (Å²) in [6, 6.07) is 13.8. The van der Waals surface area contributed by atoms with Gasteiger partial charge in [-0.1, -0.05) is 22.0 Å². The molecule has 0 aliphatic rings. The Morgan fingerprint density at radius 2 is 2.05 bits per heavy atom. The van der Waals surface area contributed by atoms with Crippen LogP contribution in [0.5, 0.6) is 0 Å². The molecule has 0 fully saturated rings. The summed E-state index contributed by atoms with van der Waals surface area (Å²) in [5, 5.41) is 11.7. The van der Waals surface area contributed by atoms with Gasteiger partial charge < -0.3 is 11.1 Å². The van der Waals surface area contributed by atoms with Crippen LogP contribution in [-0.4, -0.2) is 5.91 Å². The Balaban J connectivity index is 2.27. The van der Waals surface area contributed by atoms with E-state index in [0.717, 1.165) is 4.47 Å². The molecule has 0 aromatic heterocycles. The highest BCUT2D eigenvalue weighted by Crippen LogP contribution is 2.21. The highest BCUT2D eigenvalue weighted by atomic mass is 79.9. The zero-order valence-corrected chi connectivity index (χ0v) is 11.4. The van der Waals surface area contributed by atoms with Crippen molar-refractivity contribution in [2.75, 3.05) is 11.1 Å². The third-order valence-electron chi connectivity index (χ3n) is 2.50. The van der Waals surface area contributed by atoms with E-state index in [4.69, 9.17) is 11.0 Å². The molecule has 4 nitrogen and oxygen atoms in total. The molecule has 0 atom stereocenters. The number of nitrogens with zero attached hydrogens (tertiary/aromatic N) is 1. The van der Waals surface area contributed by atoms with E-state index in [0.29, 0.717) is 22.5 Å². The molecule has 5 heteroatoms. The Hall–Kier alpha value is -2.32. The number of carbonyl (C=O) groups excluding carboxylic acids is 1. The van der Waals surface area contributed by atoms with Crippen molar-refractivity contribution in [1.29, 1.82) is 5.26 Å². The molecule has 0 heterocycles. The summed E-state index contributed by atoms with van der Waals surface area (Å²) in [5.74, 6) is -0.300. The van der Waals surface area contributed by atoms with Crippen molar-refractivity contribution >= 4 is 33.2 Å². The average molecular weight is 316 g/mol. The highest BCUT2D eigenvalue weighted by Gasteiger charge is 2.09. The van der Waals surface area contributed by atoms with E-state index in [1.54, 1.807) is 42.5 Å². The first-order valence-electron chi connectivity index (χ1n) is 5.46. The standard InChI is InChI=1S/C14H10BrN3O/c15-11-4-5-13(10(6-11)8-16)18-14(19)9-2-1-3-12(17)7-9/h1-7H,17H2,(H,18,19). The molecule has 0 aliphatic heterocycles. The quantitative estimate of drug-likeness (QED) is 0.835. The monoisotopic (exact) mass is 315 g/mol. The number of hydrogen-bond donors (Lipinski definition) is 2. The zero-order valence-electron chi connectivity index (χ0n) is 9.85. The van der Waals surface area contributed by atoms with Gasteiger partial charge in [0.2, 0.25) is 0 Å². The fourth-order valence-corrected chi connectivity index (χ4v) is 1.95. The number of nitriles is 1. The van der Waals surface area contributed by atoms with E-state index < -0.39 is 0 Å². The van der Waals surface area contributed by atoms with Gasteiger partial charge in [-0.15, -0.1) is 0 Å². The first-order valence-corrected chi connectivity index (χ1v) is 6.26. The van der Waals surface area contributed by atoms with Gasteiger partial charge in [0.1, 0.15) is 6.07 Å². The van der Waals surface area contributed by atoms with Crippen molar-refractivity contribution in [3.8, 4) is 6.07 Å². The maximum absolute atomic E-state index is 12.0. The second-order valence-electron chi connectivity index (χ2n) is 3.88. The molecule has 0 saturated heterocycles. The van der Waals surface area contributed by atoms with Gasteiger partial charge in [0.05, 0.1) is 11.3 Å². The first-order chi connectivity index (χ1) is 9.10. The lowest BCUT2D eigenvalue weighted by Gasteiger charge is -2.07. The van der Waals surface area contributed by atoms with Crippen molar-refractivity contribution in [2.45, 2.75) is 0 Å². The van der Waals surface area contributed by atoms with E-state index in [-0.39, 0.29) is 5.91 Å². The Morgan fingerprint density at radius 3 is 2.74 bits per heavy atom. The van der Waals surface area contributed by atoms with Gasteiger partial charge in [0.25, 0.3) is 5.91 Å². The second-order valence-corrected chi connectivity index (χ2v) is 4.80. The molecule has 0 spiro atoms. The minimum atomic E-state index is -0.300. The van der Waals surface area contributed by atoms with Gasteiger partial charge in [-0.25, -0.2) is 0 Å². The van der Waals surface area contributed by atoms with Crippen molar-refractivity contribution in [2.24, 2.45) is 0 Å². The fourth-order valence-electron chi connectivity index (χ4n) is 1.59. The Morgan fingerprint density at radius 1 is 1.26 bits per heavy atom. The number of hydrogen-bond acceptors (Lipinski definition) is 3.